The van der Waals surface area contributed by atoms with Crippen LogP contribution in [0.5, 0.6) is 0 Å². The first-order valence-electron chi connectivity index (χ1n) is 4.84. The van der Waals surface area contributed by atoms with E-state index in [2.05, 4.69) is 17.2 Å². The zero-order valence-electron chi connectivity index (χ0n) is 8.38. The molecule has 4 nitrogen and oxygen atoms in total. The van der Waals surface area contributed by atoms with Crippen molar-refractivity contribution >= 4 is 5.91 Å². The number of hydrogen-bond donors (Lipinski definition) is 3. The maximum absolute atomic E-state index is 11.0. The van der Waals surface area contributed by atoms with Gasteiger partial charge in [0.05, 0.1) is 0 Å². The summed E-state index contributed by atoms with van der Waals surface area (Å²) >= 11 is 0. The molecule has 0 saturated heterocycles. The van der Waals surface area contributed by atoms with Crippen LogP contribution < -0.4 is 11.1 Å². The standard InChI is InChI=1S/C10H18N2O2/c11-7-5-6-10(14)12-8-3-1-2-4-9-13/h13H,1,3,5-9,11H2,(H,12,14). The number of hydrogen-bond acceptors (Lipinski definition) is 3. The number of carbonyl (C=O) groups excluding carboxylic acids is 1. The molecular weight excluding hydrogens is 180 g/mol. The second kappa shape index (κ2) is 10.0. The molecule has 14 heavy (non-hydrogen) atoms. The van der Waals surface area contributed by atoms with Gasteiger partial charge in [0.25, 0.3) is 0 Å². The minimum Gasteiger partial charge on any atom is -0.384 e. The summed E-state index contributed by atoms with van der Waals surface area (Å²) in [6.45, 7) is 1.10. The summed E-state index contributed by atoms with van der Waals surface area (Å²) < 4.78 is 0. The number of nitrogens with one attached hydrogen (secondary N) is 1. The molecule has 4 heteroatoms. The van der Waals surface area contributed by atoms with Gasteiger partial charge in [-0.25, -0.2) is 0 Å². The third kappa shape index (κ3) is 9.04. The zero-order valence-corrected chi connectivity index (χ0v) is 8.38. The fourth-order valence-electron chi connectivity index (χ4n) is 0.900. The van der Waals surface area contributed by atoms with Crippen LogP contribution in [0.4, 0.5) is 0 Å². The Balaban J connectivity index is 3.23. The normalized spacial score (nSPS) is 9.00. The van der Waals surface area contributed by atoms with E-state index in [-0.39, 0.29) is 12.5 Å². The molecule has 0 atom stereocenters. The molecule has 0 bridgehead atoms. The van der Waals surface area contributed by atoms with E-state index >= 15 is 0 Å². The van der Waals surface area contributed by atoms with Gasteiger partial charge in [-0.2, -0.15) is 0 Å². The molecule has 0 fully saturated rings. The van der Waals surface area contributed by atoms with Gasteiger partial charge in [-0.15, -0.1) is 5.92 Å². The number of amides is 1. The summed E-state index contributed by atoms with van der Waals surface area (Å²) in [6.07, 6.45) is 2.76. The average Bonchev–Trinajstić information content (AvgIpc) is 2.20. The van der Waals surface area contributed by atoms with E-state index in [0.29, 0.717) is 25.9 Å². The van der Waals surface area contributed by atoms with Crippen molar-refractivity contribution in [3.05, 3.63) is 0 Å². The van der Waals surface area contributed by atoms with Gasteiger partial charge < -0.3 is 16.2 Å². The molecule has 0 spiro atoms. The van der Waals surface area contributed by atoms with Crippen LogP contribution in [0.15, 0.2) is 0 Å². The summed E-state index contributed by atoms with van der Waals surface area (Å²) in [6, 6.07) is 0. The Bertz CT molecular complexity index is 206. The monoisotopic (exact) mass is 198 g/mol. The Morgan fingerprint density at radius 2 is 2.14 bits per heavy atom. The third-order valence-electron chi connectivity index (χ3n) is 1.61. The first-order valence-corrected chi connectivity index (χ1v) is 4.84. The zero-order chi connectivity index (χ0) is 10.6. The van der Waals surface area contributed by atoms with Crippen LogP contribution in [0.3, 0.4) is 0 Å². The predicted octanol–water partition coefficient (Wildman–Crippen LogP) is -0.383. The lowest BCUT2D eigenvalue weighted by Gasteiger charge is -2.02. The van der Waals surface area contributed by atoms with Gasteiger partial charge in [0.1, 0.15) is 6.61 Å². The molecule has 0 aliphatic carbocycles. The maximum Gasteiger partial charge on any atom is 0.220 e. The summed E-state index contributed by atoms with van der Waals surface area (Å²) in [5, 5.41) is 11.1. The fourth-order valence-corrected chi connectivity index (χ4v) is 0.900. The largest absolute Gasteiger partial charge is 0.384 e. The molecular formula is C10H18N2O2. The first kappa shape index (κ1) is 12.9. The molecule has 0 aromatic carbocycles. The van der Waals surface area contributed by atoms with Gasteiger partial charge >= 0.3 is 0 Å². The molecule has 0 aliphatic heterocycles. The third-order valence-corrected chi connectivity index (χ3v) is 1.61. The SMILES string of the molecule is NCCCC(=O)NCCCC#CCO. The highest BCUT2D eigenvalue weighted by Crippen LogP contribution is 1.88. The highest BCUT2D eigenvalue weighted by atomic mass is 16.2. The summed E-state index contributed by atoms with van der Waals surface area (Å²) in [5.74, 6) is 5.37. The van der Waals surface area contributed by atoms with Crippen molar-refractivity contribution in [3.63, 3.8) is 0 Å². The van der Waals surface area contributed by atoms with E-state index in [9.17, 15) is 4.79 Å². The van der Waals surface area contributed by atoms with Gasteiger partial charge in [-0.1, -0.05) is 5.92 Å². The molecule has 80 valence electrons. The van der Waals surface area contributed by atoms with Crippen molar-refractivity contribution in [2.45, 2.75) is 25.7 Å². The topological polar surface area (TPSA) is 75.4 Å². The number of rotatable bonds is 6. The van der Waals surface area contributed by atoms with Crippen LogP contribution in [0.1, 0.15) is 25.7 Å². The molecule has 0 aromatic heterocycles. The van der Waals surface area contributed by atoms with E-state index in [1.165, 1.54) is 0 Å². The average molecular weight is 198 g/mol. The Hall–Kier alpha value is -1.05. The minimum atomic E-state index is -0.0944. The van der Waals surface area contributed by atoms with Crippen molar-refractivity contribution in [2.75, 3.05) is 19.7 Å². The lowest BCUT2D eigenvalue weighted by atomic mass is 10.2. The van der Waals surface area contributed by atoms with Gasteiger partial charge in [-0.05, 0) is 19.4 Å². The van der Waals surface area contributed by atoms with Crippen molar-refractivity contribution in [3.8, 4) is 11.8 Å². The Morgan fingerprint density at radius 1 is 1.36 bits per heavy atom. The minimum absolute atomic E-state index is 0.0468. The number of nitrogens with two attached hydrogens (primary N) is 1. The molecule has 4 N–H and O–H groups in total. The van der Waals surface area contributed by atoms with E-state index in [1.807, 2.05) is 0 Å². The van der Waals surface area contributed by atoms with Gasteiger partial charge in [-0.3, -0.25) is 4.79 Å². The number of unbranched alkanes of at least 4 members (excludes halogenated alkanes) is 1. The molecule has 0 saturated carbocycles. The van der Waals surface area contributed by atoms with Gasteiger partial charge in [0.15, 0.2) is 0 Å². The first-order chi connectivity index (χ1) is 6.81. The molecule has 0 heterocycles. The molecule has 1 amide bonds. The van der Waals surface area contributed by atoms with Crippen LogP contribution in [0, 0.1) is 11.8 Å². The summed E-state index contributed by atoms with van der Waals surface area (Å²) in [4.78, 5) is 11.0. The van der Waals surface area contributed by atoms with Crippen LogP contribution >= 0.6 is 0 Å². The number of carbonyl (C=O) groups is 1. The molecule has 0 aliphatic rings. The summed E-state index contributed by atoms with van der Waals surface area (Å²) in [7, 11) is 0. The maximum atomic E-state index is 11.0. The van der Waals surface area contributed by atoms with Crippen molar-refractivity contribution in [2.24, 2.45) is 5.73 Å². The molecule has 0 rings (SSSR count). The van der Waals surface area contributed by atoms with Crippen LogP contribution in [-0.4, -0.2) is 30.7 Å². The smallest absolute Gasteiger partial charge is 0.220 e. The quantitative estimate of drug-likeness (QED) is 0.402. The van der Waals surface area contributed by atoms with Crippen molar-refractivity contribution in [1.82, 2.24) is 5.32 Å². The fraction of sp³-hybridized carbons (Fsp3) is 0.700. The summed E-state index contributed by atoms with van der Waals surface area (Å²) in [5.41, 5.74) is 5.26. The number of aliphatic hydroxyl groups excluding tert-OH is 1. The Kier molecular flexibility index (Phi) is 9.28. The lowest BCUT2D eigenvalue weighted by Crippen LogP contribution is -2.24. The molecule has 0 unspecified atom stereocenters. The number of aliphatic hydroxyl groups is 1. The Labute approximate surface area is 84.9 Å². The van der Waals surface area contributed by atoms with Gasteiger partial charge in [0.2, 0.25) is 5.91 Å². The van der Waals surface area contributed by atoms with Crippen molar-refractivity contribution < 1.29 is 9.90 Å². The second-order valence-electron chi connectivity index (χ2n) is 2.86. The second-order valence-corrected chi connectivity index (χ2v) is 2.86. The predicted molar refractivity (Wildman–Crippen MR) is 55.4 cm³/mol. The van der Waals surface area contributed by atoms with Crippen LogP contribution in [0.2, 0.25) is 0 Å². The highest BCUT2D eigenvalue weighted by Gasteiger charge is 1.97. The van der Waals surface area contributed by atoms with E-state index in [0.717, 1.165) is 12.8 Å². The molecule has 0 aromatic rings. The van der Waals surface area contributed by atoms with Crippen LogP contribution in [0.25, 0.3) is 0 Å². The van der Waals surface area contributed by atoms with Crippen LogP contribution in [-0.2, 0) is 4.79 Å². The van der Waals surface area contributed by atoms with Gasteiger partial charge in [0, 0.05) is 19.4 Å². The van der Waals surface area contributed by atoms with E-state index in [4.69, 9.17) is 10.8 Å². The lowest BCUT2D eigenvalue weighted by molar-refractivity contribution is -0.121. The molecule has 0 radical (unpaired) electrons. The van der Waals surface area contributed by atoms with E-state index in [1.54, 1.807) is 0 Å². The van der Waals surface area contributed by atoms with E-state index < -0.39 is 0 Å². The highest BCUT2D eigenvalue weighted by molar-refractivity contribution is 5.75. The Morgan fingerprint density at radius 3 is 2.79 bits per heavy atom. The van der Waals surface area contributed by atoms with Crippen molar-refractivity contribution in [1.29, 1.82) is 0 Å².